The number of hydrogen-bond donors (Lipinski definition) is 1. The van der Waals surface area contributed by atoms with Crippen LogP contribution in [0.4, 0.5) is 11.6 Å². The average molecular weight is 354 g/mol. The van der Waals surface area contributed by atoms with E-state index < -0.39 is 0 Å². The van der Waals surface area contributed by atoms with E-state index in [2.05, 4.69) is 20.2 Å². The fraction of sp³-hybridized carbons (Fsp3) is 0.450. The molecule has 1 aliphatic heterocycles. The molecule has 6 nitrogen and oxygen atoms in total. The average Bonchev–Trinajstić information content (AvgIpc) is 2.63. The number of hydrogen-bond acceptors (Lipinski definition) is 5. The van der Waals surface area contributed by atoms with E-state index in [1.54, 1.807) is 0 Å². The molecule has 1 N–H and O–H groups in total. The van der Waals surface area contributed by atoms with Gasteiger partial charge in [-0.15, -0.1) is 0 Å². The fourth-order valence-electron chi connectivity index (χ4n) is 3.27. The van der Waals surface area contributed by atoms with Crippen molar-refractivity contribution in [1.82, 2.24) is 9.97 Å². The first-order valence-corrected chi connectivity index (χ1v) is 9.16. The molecule has 1 fully saturated rings. The summed E-state index contributed by atoms with van der Waals surface area (Å²) in [5.41, 5.74) is 2.69. The molecule has 0 bridgehead atoms. The van der Waals surface area contributed by atoms with Gasteiger partial charge >= 0.3 is 0 Å². The molecule has 0 unspecified atom stereocenters. The number of amides is 1. The first-order chi connectivity index (χ1) is 12.5. The smallest absolute Gasteiger partial charge is 0.229 e. The Bertz CT molecular complexity index is 741. The van der Waals surface area contributed by atoms with E-state index in [-0.39, 0.29) is 11.8 Å². The van der Waals surface area contributed by atoms with E-state index in [0.29, 0.717) is 13.2 Å². The van der Waals surface area contributed by atoms with Gasteiger partial charge in [-0.1, -0.05) is 0 Å². The quantitative estimate of drug-likeness (QED) is 0.892. The summed E-state index contributed by atoms with van der Waals surface area (Å²) >= 11 is 0. The highest BCUT2D eigenvalue weighted by Gasteiger charge is 2.27. The van der Waals surface area contributed by atoms with E-state index in [0.717, 1.165) is 48.2 Å². The molecule has 1 saturated heterocycles. The van der Waals surface area contributed by atoms with Gasteiger partial charge in [-0.2, -0.15) is 0 Å². The number of aryl methyl sites for hydroxylation is 2. The van der Waals surface area contributed by atoms with Gasteiger partial charge in [-0.25, -0.2) is 9.97 Å². The highest BCUT2D eigenvalue weighted by Crippen LogP contribution is 2.23. The third-order valence-corrected chi connectivity index (χ3v) is 4.48. The van der Waals surface area contributed by atoms with Crippen LogP contribution in [0.3, 0.4) is 0 Å². The molecule has 1 aromatic carbocycles. The van der Waals surface area contributed by atoms with Crippen molar-refractivity contribution in [3.8, 4) is 5.75 Å². The Kier molecular flexibility index (Phi) is 5.71. The van der Waals surface area contributed by atoms with Crippen LogP contribution >= 0.6 is 0 Å². The van der Waals surface area contributed by atoms with Gasteiger partial charge in [0.25, 0.3) is 0 Å². The Hall–Kier alpha value is -2.63. The summed E-state index contributed by atoms with van der Waals surface area (Å²) < 4.78 is 5.43. The van der Waals surface area contributed by atoms with Crippen LogP contribution in [0.25, 0.3) is 0 Å². The second-order valence-corrected chi connectivity index (χ2v) is 6.68. The van der Waals surface area contributed by atoms with Crippen LogP contribution < -0.4 is 15.0 Å². The second kappa shape index (κ2) is 8.17. The molecular weight excluding hydrogens is 328 g/mol. The van der Waals surface area contributed by atoms with Gasteiger partial charge in [0, 0.05) is 30.2 Å². The number of aromatic nitrogens is 2. The molecule has 3 rings (SSSR count). The standard InChI is InChI=1S/C20H26N4O2/c1-4-26-18-9-7-17(8-10-18)23-19(25)16-6-5-11-24(13-16)20-21-14(2)12-15(3)22-20/h7-10,12,16H,4-6,11,13H2,1-3H3,(H,23,25)/t16-/m1/s1. The van der Waals surface area contributed by atoms with Crippen LogP contribution in [0.2, 0.25) is 0 Å². The molecule has 1 aromatic heterocycles. The third kappa shape index (κ3) is 4.50. The summed E-state index contributed by atoms with van der Waals surface area (Å²) in [6.45, 7) is 8.05. The third-order valence-electron chi connectivity index (χ3n) is 4.48. The van der Waals surface area contributed by atoms with Crippen LogP contribution in [0.5, 0.6) is 5.75 Å². The van der Waals surface area contributed by atoms with Crippen molar-refractivity contribution in [1.29, 1.82) is 0 Å². The van der Waals surface area contributed by atoms with E-state index in [4.69, 9.17) is 4.74 Å². The van der Waals surface area contributed by atoms with Crippen molar-refractivity contribution in [2.45, 2.75) is 33.6 Å². The molecule has 1 amide bonds. The molecule has 0 radical (unpaired) electrons. The number of nitrogens with one attached hydrogen (secondary N) is 1. The maximum absolute atomic E-state index is 12.7. The summed E-state index contributed by atoms with van der Waals surface area (Å²) in [5, 5.41) is 3.01. The largest absolute Gasteiger partial charge is 0.494 e. The first-order valence-electron chi connectivity index (χ1n) is 9.16. The number of piperidine rings is 1. The van der Waals surface area contributed by atoms with Crippen molar-refractivity contribution in [2.24, 2.45) is 5.92 Å². The highest BCUT2D eigenvalue weighted by atomic mass is 16.5. The molecule has 26 heavy (non-hydrogen) atoms. The van der Waals surface area contributed by atoms with Crippen molar-refractivity contribution < 1.29 is 9.53 Å². The molecule has 0 spiro atoms. The van der Waals surface area contributed by atoms with Crippen LogP contribution in [-0.2, 0) is 4.79 Å². The minimum Gasteiger partial charge on any atom is -0.494 e. The van der Waals surface area contributed by atoms with E-state index in [1.165, 1.54) is 0 Å². The van der Waals surface area contributed by atoms with Gasteiger partial charge in [0.05, 0.1) is 12.5 Å². The van der Waals surface area contributed by atoms with E-state index in [1.807, 2.05) is 51.1 Å². The van der Waals surface area contributed by atoms with Gasteiger partial charge in [-0.3, -0.25) is 4.79 Å². The lowest BCUT2D eigenvalue weighted by atomic mass is 9.97. The summed E-state index contributed by atoms with van der Waals surface area (Å²) in [6, 6.07) is 9.45. The van der Waals surface area contributed by atoms with Gasteiger partial charge in [0.2, 0.25) is 11.9 Å². The molecule has 138 valence electrons. The lowest BCUT2D eigenvalue weighted by Crippen LogP contribution is -2.41. The van der Waals surface area contributed by atoms with Crippen molar-refractivity contribution >= 4 is 17.5 Å². The van der Waals surface area contributed by atoms with Crippen LogP contribution in [0, 0.1) is 19.8 Å². The number of nitrogens with zero attached hydrogens (tertiary/aromatic N) is 3. The number of rotatable bonds is 5. The SMILES string of the molecule is CCOc1ccc(NC(=O)[C@@H]2CCCN(c3nc(C)cc(C)n3)C2)cc1. The number of ether oxygens (including phenoxy) is 1. The second-order valence-electron chi connectivity index (χ2n) is 6.68. The monoisotopic (exact) mass is 354 g/mol. The van der Waals surface area contributed by atoms with E-state index >= 15 is 0 Å². The zero-order chi connectivity index (χ0) is 18.5. The molecule has 2 aromatic rings. The summed E-state index contributed by atoms with van der Waals surface area (Å²) in [7, 11) is 0. The highest BCUT2D eigenvalue weighted by molar-refractivity contribution is 5.93. The molecule has 6 heteroatoms. The van der Waals surface area contributed by atoms with Crippen molar-refractivity contribution in [2.75, 3.05) is 29.9 Å². The molecule has 0 aliphatic carbocycles. The Morgan fingerprint density at radius 3 is 2.58 bits per heavy atom. The van der Waals surface area contributed by atoms with Crippen LogP contribution in [-0.4, -0.2) is 35.6 Å². The van der Waals surface area contributed by atoms with Crippen LogP contribution in [0.1, 0.15) is 31.2 Å². The van der Waals surface area contributed by atoms with Gasteiger partial charge in [0.15, 0.2) is 0 Å². The predicted molar refractivity (Wildman–Crippen MR) is 103 cm³/mol. The lowest BCUT2D eigenvalue weighted by molar-refractivity contribution is -0.120. The lowest BCUT2D eigenvalue weighted by Gasteiger charge is -2.32. The molecule has 1 atom stereocenters. The topological polar surface area (TPSA) is 67.3 Å². The van der Waals surface area contributed by atoms with Crippen molar-refractivity contribution in [3.05, 3.63) is 41.7 Å². The van der Waals surface area contributed by atoms with Gasteiger partial charge < -0.3 is 15.0 Å². The summed E-state index contributed by atoms with van der Waals surface area (Å²) in [5.74, 6) is 1.50. The number of carbonyl (C=O) groups is 1. The summed E-state index contributed by atoms with van der Waals surface area (Å²) in [4.78, 5) is 23.9. The Morgan fingerprint density at radius 1 is 1.23 bits per heavy atom. The number of carbonyl (C=O) groups excluding carboxylic acids is 1. The van der Waals surface area contributed by atoms with Gasteiger partial charge in [0.1, 0.15) is 5.75 Å². The maximum atomic E-state index is 12.7. The predicted octanol–water partition coefficient (Wildman–Crippen LogP) is 3.35. The number of anilines is 2. The molecular formula is C20H26N4O2. The molecule has 2 heterocycles. The van der Waals surface area contributed by atoms with Gasteiger partial charge in [-0.05, 0) is 63.9 Å². The molecule has 0 saturated carbocycles. The minimum absolute atomic E-state index is 0.0447. The molecule has 1 aliphatic rings. The van der Waals surface area contributed by atoms with Crippen LogP contribution in [0.15, 0.2) is 30.3 Å². The Balaban J connectivity index is 1.64. The van der Waals surface area contributed by atoms with E-state index in [9.17, 15) is 4.79 Å². The first kappa shape index (κ1) is 18.2. The zero-order valence-electron chi connectivity index (χ0n) is 15.7. The number of benzene rings is 1. The maximum Gasteiger partial charge on any atom is 0.229 e. The minimum atomic E-state index is -0.0697. The Labute approximate surface area is 154 Å². The summed E-state index contributed by atoms with van der Waals surface area (Å²) in [6.07, 6.45) is 1.84. The Morgan fingerprint density at radius 2 is 1.92 bits per heavy atom. The van der Waals surface area contributed by atoms with Crippen molar-refractivity contribution in [3.63, 3.8) is 0 Å². The zero-order valence-corrected chi connectivity index (χ0v) is 15.7. The fourth-order valence-corrected chi connectivity index (χ4v) is 3.27. The normalized spacial score (nSPS) is 17.0.